The molecule has 0 unspecified atom stereocenters. The predicted octanol–water partition coefficient (Wildman–Crippen LogP) is 6.20. The molecule has 1 atom stereocenters. The number of anilines is 2. The Kier molecular flexibility index (Phi) is 5.80. The van der Waals surface area contributed by atoms with Crippen LogP contribution >= 0.6 is 0 Å². The molecule has 3 heterocycles. The molecule has 0 fully saturated rings. The van der Waals surface area contributed by atoms with E-state index in [1.54, 1.807) is 64.3 Å². The summed E-state index contributed by atoms with van der Waals surface area (Å²) in [6.07, 6.45) is 1.56. The van der Waals surface area contributed by atoms with Crippen molar-refractivity contribution in [3.63, 3.8) is 0 Å². The summed E-state index contributed by atoms with van der Waals surface area (Å²) in [7, 11) is 0. The molecule has 200 valence electrons. The van der Waals surface area contributed by atoms with Crippen molar-refractivity contribution in [2.45, 2.75) is 30.9 Å². The molecule has 0 bridgehead atoms. The van der Waals surface area contributed by atoms with Crippen LogP contribution < -0.4 is 9.80 Å². The standard InChI is InChI=1S/C31H23F3N4O2/c1-2-16-37-24-9-4-3-8-22(24)30(29(37)40)23(19-35)28(36-17-5-6-18-36)38(25-10-7-11-26(39)27(25)30)21-14-12-20(13-15-21)31(32,33)34/h2-6,8-9,12-15,17-18H,1,7,10-11,16H2/t30-/m1/s1. The number of aromatic nitrogens is 1. The minimum absolute atomic E-state index is 0.0293. The summed E-state index contributed by atoms with van der Waals surface area (Å²) in [4.78, 5) is 31.6. The highest BCUT2D eigenvalue weighted by molar-refractivity contribution is 6.22. The molecule has 6 rings (SSSR count). The molecule has 0 N–H and O–H groups in total. The molecule has 3 aromatic rings. The second kappa shape index (κ2) is 9.12. The molecule has 1 spiro atoms. The first-order chi connectivity index (χ1) is 19.2. The molecule has 6 nitrogen and oxygen atoms in total. The number of amides is 1. The van der Waals surface area contributed by atoms with Gasteiger partial charge in [-0.3, -0.25) is 14.5 Å². The molecule has 1 aliphatic carbocycles. The van der Waals surface area contributed by atoms with Crippen molar-refractivity contribution in [2.24, 2.45) is 0 Å². The number of nitrogens with zero attached hydrogens (tertiary/aromatic N) is 4. The Morgan fingerprint density at radius 3 is 2.35 bits per heavy atom. The fraction of sp³-hybridized carbons (Fsp3) is 0.194. The number of nitriles is 1. The number of para-hydroxylation sites is 1. The summed E-state index contributed by atoms with van der Waals surface area (Å²) < 4.78 is 41.9. The summed E-state index contributed by atoms with van der Waals surface area (Å²) in [5, 5.41) is 10.8. The third-order valence-corrected chi connectivity index (χ3v) is 7.73. The fourth-order valence-corrected chi connectivity index (χ4v) is 6.19. The average Bonchev–Trinajstić information content (AvgIpc) is 3.56. The molecule has 3 aliphatic rings. The van der Waals surface area contributed by atoms with E-state index in [9.17, 15) is 28.0 Å². The Bertz CT molecular complexity index is 1660. The Morgan fingerprint density at radius 1 is 1.00 bits per heavy atom. The molecule has 9 heteroatoms. The molecule has 2 aromatic carbocycles. The van der Waals surface area contributed by atoms with E-state index in [1.807, 2.05) is 0 Å². The van der Waals surface area contributed by atoms with Gasteiger partial charge in [0.1, 0.15) is 17.3 Å². The van der Waals surface area contributed by atoms with E-state index in [0.717, 1.165) is 12.1 Å². The van der Waals surface area contributed by atoms with Crippen molar-refractivity contribution in [1.29, 1.82) is 5.26 Å². The van der Waals surface area contributed by atoms with Crippen molar-refractivity contribution in [2.75, 3.05) is 16.3 Å². The van der Waals surface area contributed by atoms with Gasteiger partial charge >= 0.3 is 6.18 Å². The number of benzene rings is 2. The monoisotopic (exact) mass is 540 g/mol. The van der Waals surface area contributed by atoms with E-state index >= 15 is 0 Å². The van der Waals surface area contributed by atoms with Crippen molar-refractivity contribution < 1.29 is 22.8 Å². The van der Waals surface area contributed by atoms with Gasteiger partial charge in [-0.1, -0.05) is 24.3 Å². The Balaban J connectivity index is 1.73. The van der Waals surface area contributed by atoms with Crippen LogP contribution in [-0.4, -0.2) is 22.8 Å². The molecule has 0 saturated heterocycles. The molecule has 1 aromatic heterocycles. The van der Waals surface area contributed by atoms with Crippen molar-refractivity contribution in [3.05, 3.63) is 114 Å². The van der Waals surface area contributed by atoms with E-state index in [0.29, 0.717) is 41.3 Å². The van der Waals surface area contributed by atoms with Crippen LogP contribution in [-0.2, 0) is 21.2 Å². The topological polar surface area (TPSA) is 69.3 Å². The quantitative estimate of drug-likeness (QED) is 0.370. The number of allylic oxidation sites excluding steroid dienone is 1. The third-order valence-electron chi connectivity index (χ3n) is 7.73. The number of rotatable bonds is 4. The molecule has 1 amide bonds. The first-order valence-corrected chi connectivity index (χ1v) is 12.8. The zero-order valence-corrected chi connectivity index (χ0v) is 21.3. The normalized spacial score (nSPS) is 20.6. The number of carbonyl (C=O) groups is 2. The van der Waals surface area contributed by atoms with E-state index in [1.165, 1.54) is 17.0 Å². The molecule has 0 radical (unpaired) electrons. The Hall–Kier alpha value is -4.84. The van der Waals surface area contributed by atoms with Crippen LogP contribution in [0.25, 0.3) is 5.82 Å². The van der Waals surface area contributed by atoms with Gasteiger partial charge in [0.15, 0.2) is 5.78 Å². The van der Waals surface area contributed by atoms with Crippen molar-refractivity contribution in [3.8, 4) is 6.07 Å². The van der Waals surface area contributed by atoms with Gasteiger partial charge in [-0.2, -0.15) is 18.4 Å². The van der Waals surface area contributed by atoms with Crippen LogP contribution in [0.2, 0.25) is 0 Å². The summed E-state index contributed by atoms with van der Waals surface area (Å²) in [5.74, 6) is -0.394. The van der Waals surface area contributed by atoms with Crippen LogP contribution in [0.15, 0.2) is 103 Å². The Morgan fingerprint density at radius 2 is 1.70 bits per heavy atom. The highest BCUT2D eigenvalue weighted by Gasteiger charge is 2.62. The zero-order valence-electron chi connectivity index (χ0n) is 21.3. The van der Waals surface area contributed by atoms with Gasteiger partial charge in [0.05, 0.1) is 11.1 Å². The van der Waals surface area contributed by atoms with Gasteiger partial charge < -0.3 is 9.47 Å². The molecule has 2 aliphatic heterocycles. The summed E-state index contributed by atoms with van der Waals surface area (Å²) >= 11 is 0. The summed E-state index contributed by atoms with van der Waals surface area (Å²) in [6, 6.07) is 17.5. The van der Waals surface area contributed by atoms with Crippen molar-refractivity contribution in [1.82, 2.24) is 4.57 Å². The van der Waals surface area contributed by atoms with E-state index in [4.69, 9.17) is 0 Å². The smallest absolute Gasteiger partial charge is 0.309 e. The molecular weight excluding hydrogens is 517 g/mol. The van der Waals surface area contributed by atoms with Crippen LogP contribution in [0.5, 0.6) is 0 Å². The maximum Gasteiger partial charge on any atom is 0.416 e. The third kappa shape index (κ3) is 3.42. The summed E-state index contributed by atoms with van der Waals surface area (Å²) in [5.41, 5.74) is -0.325. The minimum Gasteiger partial charge on any atom is -0.309 e. The maximum atomic E-state index is 14.6. The van der Waals surface area contributed by atoms with Gasteiger partial charge in [0, 0.05) is 53.6 Å². The first-order valence-electron chi connectivity index (χ1n) is 12.8. The number of hydrogen-bond donors (Lipinski definition) is 0. The minimum atomic E-state index is -4.53. The van der Waals surface area contributed by atoms with Gasteiger partial charge in [-0.05, 0) is 55.3 Å². The largest absolute Gasteiger partial charge is 0.416 e. The van der Waals surface area contributed by atoms with Gasteiger partial charge in [0.2, 0.25) is 5.91 Å². The molecule has 0 saturated carbocycles. The lowest BCUT2D eigenvalue weighted by atomic mass is 9.63. The second-order valence-corrected chi connectivity index (χ2v) is 9.85. The number of alkyl halides is 3. The van der Waals surface area contributed by atoms with Gasteiger partial charge in [-0.15, -0.1) is 6.58 Å². The van der Waals surface area contributed by atoms with Crippen LogP contribution in [0.3, 0.4) is 0 Å². The number of ketones is 1. The number of fused-ring (bicyclic) bond motifs is 3. The average molecular weight is 541 g/mol. The SMILES string of the molecule is C=CCN1C(=O)[C@@]2(C(C#N)=C(n3cccc3)N(c3ccc(C(F)(F)F)cc3)C3=C2C(=O)CCC3)c2ccccc21. The second-order valence-electron chi connectivity index (χ2n) is 9.85. The van der Waals surface area contributed by atoms with Crippen LogP contribution in [0, 0.1) is 11.3 Å². The van der Waals surface area contributed by atoms with Gasteiger partial charge in [0.25, 0.3) is 0 Å². The first kappa shape index (κ1) is 25.4. The van der Waals surface area contributed by atoms with Crippen LogP contribution in [0.4, 0.5) is 24.5 Å². The molecule has 40 heavy (non-hydrogen) atoms. The predicted molar refractivity (Wildman–Crippen MR) is 144 cm³/mol. The number of hydrogen-bond acceptors (Lipinski definition) is 4. The fourth-order valence-electron chi connectivity index (χ4n) is 6.19. The van der Waals surface area contributed by atoms with E-state index < -0.39 is 23.1 Å². The number of carbonyl (C=O) groups excluding carboxylic acids is 2. The summed E-state index contributed by atoms with van der Waals surface area (Å²) in [6.45, 7) is 3.97. The van der Waals surface area contributed by atoms with E-state index in [2.05, 4.69) is 12.6 Å². The van der Waals surface area contributed by atoms with Crippen LogP contribution in [0.1, 0.15) is 30.4 Å². The maximum absolute atomic E-state index is 14.6. The zero-order chi connectivity index (χ0) is 28.2. The highest BCUT2D eigenvalue weighted by atomic mass is 19.4. The van der Waals surface area contributed by atoms with Gasteiger partial charge in [-0.25, -0.2) is 0 Å². The lowest BCUT2D eigenvalue weighted by molar-refractivity contribution is -0.137. The number of Topliss-reactive ketones (excluding diaryl/α,β-unsaturated/α-hetero) is 1. The highest BCUT2D eigenvalue weighted by Crippen LogP contribution is 2.58. The number of halogens is 3. The lowest BCUT2D eigenvalue weighted by Crippen LogP contribution is -2.51. The van der Waals surface area contributed by atoms with E-state index in [-0.39, 0.29) is 29.9 Å². The molecular formula is C31H23F3N4O2. The van der Waals surface area contributed by atoms with Crippen molar-refractivity contribution >= 4 is 28.9 Å². The lowest BCUT2D eigenvalue weighted by Gasteiger charge is -2.45. The Labute approximate surface area is 228 Å².